The largest absolute Gasteiger partial charge is 0.493 e. The number of hydrogen-bond donors (Lipinski definition) is 1. The molecule has 0 bridgehead atoms. The van der Waals surface area contributed by atoms with Crippen molar-refractivity contribution in [2.75, 3.05) is 11.9 Å². The summed E-state index contributed by atoms with van der Waals surface area (Å²) in [5.74, 6) is 1.52. The highest BCUT2D eigenvalue weighted by atomic mass is 79.9. The highest BCUT2D eigenvalue weighted by Crippen LogP contribution is 2.48. The van der Waals surface area contributed by atoms with Crippen LogP contribution < -0.4 is 10.1 Å². The molecule has 1 N–H and O–H groups in total. The van der Waals surface area contributed by atoms with Gasteiger partial charge in [0.2, 0.25) is 5.91 Å². The Labute approximate surface area is 186 Å². The summed E-state index contributed by atoms with van der Waals surface area (Å²) in [6.07, 6.45) is 0.984. The lowest BCUT2D eigenvalue weighted by atomic mass is 9.79. The van der Waals surface area contributed by atoms with Crippen LogP contribution in [-0.4, -0.2) is 12.5 Å². The van der Waals surface area contributed by atoms with Crippen LogP contribution in [0.2, 0.25) is 0 Å². The molecule has 154 valence electrons. The number of ether oxygens (including phenoxy) is 1. The maximum Gasteiger partial charge on any atom is 0.221 e. The van der Waals surface area contributed by atoms with Gasteiger partial charge in [-0.2, -0.15) is 0 Å². The third-order valence-corrected chi connectivity index (χ3v) is 6.20. The molecule has 0 radical (unpaired) electrons. The monoisotopic (exact) mass is 463 g/mol. The van der Waals surface area contributed by atoms with Gasteiger partial charge in [0.15, 0.2) is 0 Å². The Balaban J connectivity index is 1.96. The molecule has 0 saturated carbocycles. The topological polar surface area (TPSA) is 38.3 Å². The van der Waals surface area contributed by atoms with Gasteiger partial charge in [0, 0.05) is 39.7 Å². The number of aryl methyl sites for hydroxylation is 1. The molecule has 0 aliphatic carbocycles. The maximum atomic E-state index is 11.8. The van der Waals surface area contributed by atoms with E-state index >= 15 is 0 Å². The van der Waals surface area contributed by atoms with Crippen LogP contribution in [-0.2, 0) is 4.79 Å². The Morgan fingerprint density at radius 3 is 2.57 bits per heavy atom. The molecule has 3 nitrogen and oxygen atoms in total. The molecule has 1 aliphatic heterocycles. The van der Waals surface area contributed by atoms with E-state index in [0.29, 0.717) is 12.5 Å². The third-order valence-electron chi connectivity index (χ3n) is 5.74. The van der Waals surface area contributed by atoms with Gasteiger partial charge in [-0.15, -0.1) is 0 Å². The van der Waals surface area contributed by atoms with E-state index in [-0.39, 0.29) is 11.8 Å². The summed E-state index contributed by atoms with van der Waals surface area (Å²) in [6, 6.07) is 21.0. The predicted molar refractivity (Wildman–Crippen MR) is 126 cm³/mol. The molecule has 2 atom stereocenters. The van der Waals surface area contributed by atoms with Crippen LogP contribution in [0.15, 0.2) is 65.1 Å². The summed E-state index contributed by atoms with van der Waals surface area (Å²) in [6.45, 7) is 6.57. The van der Waals surface area contributed by atoms with Crippen molar-refractivity contribution in [2.24, 2.45) is 5.92 Å². The molecule has 0 spiro atoms. The van der Waals surface area contributed by atoms with E-state index in [9.17, 15) is 4.79 Å². The summed E-state index contributed by atoms with van der Waals surface area (Å²) < 4.78 is 7.38. The lowest BCUT2D eigenvalue weighted by Crippen LogP contribution is -2.11. The summed E-state index contributed by atoms with van der Waals surface area (Å²) in [5.41, 5.74) is 6.39. The second-order valence-electron chi connectivity index (χ2n) is 8.10. The van der Waals surface area contributed by atoms with Gasteiger partial charge in [0.25, 0.3) is 0 Å². The van der Waals surface area contributed by atoms with Crippen LogP contribution in [0.3, 0.4) is 0 Å². The standard InChI is InChI=1S/C26H26BrNO2/c1-16-9-10-24(28-18(3)29)21(13-16)22-14-20(27)15-23-25(19-7-5-4-6-8-19)17(2)11-12-30-26(22)23/h4-10,13-15,17,25H,11-12H2,1-3H3,(H,28,29). The van der Waals surface area contributed by atoms with E-state index in [2.05, 4.69) is 83.6 Å². The van der Waals surface area contributed by atoms with Crippen molar-refractivity contribution in [3.8, 4) is 16.9 Å². The Morgan fingerprint density at radius 1 is 1.07 bits per heavy atom. The van der Waals surface area contributed by atoms with E-state index in [0.717, 1.165) is 39.0 Å². The van der Waals surface area contributed by atoms with E-state index in [1.54, 1.807) is 0 Å². The average Bonchev–Trinajstić information content (AvgIpc) is 2.87. The van der Waals surface area contributed by atoms with Crippen molar-refractivity contribution < 1.29 is 9.53 Å². The van der Waals surface area contributed by atoms with Gasteiger partial charge in [-0.25, -0.2) is 0 Å². The van der Waals surface area contributed by atoms with Gasteiger partial charge >= 0.3 is 0 Å². The number of benzene rings is 3. The van der Waals surface area contributed by atoms with Crippen molar-refractivity contribution in [2.45, 2.75) is 33.1 Å². The second-order valence-corrected chi connectivity index (χ2v) is 9.02. The van der Waals surface area contributed by atoms with Crippen LogP contribution in [0.5, 0.6) is 5.75 Å². The zero-order chi connectivity index (χ0) is 21.3. The molecular formula is C26H26BrNO2. The van der Waals surface area contributed by atoms with Gasteiger partial charge in [0.05, 0.1) is 6.61 Å². The van der Waals surface area contributed by atoms with Gasteiger partial charge in [-0.05, 0) is 49.1 Å². The smallest absolute Gasteiger partial charge is 0.221 e. The number of anilines is 1. The first-order chi connectivity index (χ1) is 14.4. The summed E-state index contributed by atoms with van der Waals surface area (Å²) in [7, 11) is 0. The number of carbonyl (C=O) groups is 1. The zero-order valence-corrected chi connectivity index (χ0v) is 19.1. The second kappa shape index (κ2) is 8.65. The third kappa shape index (κ3) is 4.15. The number of carbonyl (C=O) groups excluding carboxylic acids is 1. The van der Waals surface area contributed by atoms with Crippen molar-refractivity contribution in [1.29, 1.82) is 0 Å². The van der Waals surface area contributed by atoms with Crippen LogP contribution in [0.25, 0.3) is 11.1 Å². The van der Waals surface area contributed by atoms with E-state index in [1.165, 1.54) is 18.1 Å². The Morgan fingerprint density at radius 2 is 1.83 bits per heavy atom. The van der Waals surface area contributed by atoms with Crippen molar-refractivity contribution in [3.63, 3.8) is 0 Å². The predicted octanol–water partition coefficient (Wildman–Crippen LogP) is 6.93. The highest BCUT2D eigenvalue weighted by Gasteiger charge is 2.30. The Kier molecular flexibility index (Phi) is 5.96. The fraction of sp³-hybridized carbons (Fsp3) is 0.269. The molecule has 1 aliphatic rings. The van der Waals surface area contributed by atoms with Gasteiger partial charge in [-0.3, -0.25) is 4.79 Å². The molecule has 0 saturated heterocycles. The van der Waals surface area contributed by atoms with Crippen molar-refractivity contribution in [3.05, 3.63) is 81.8 Å². The molecule has 4 rings (SSSR count). The SMILES string of the molecule is CC(=O)Nc1ccc(C)cc1-c1cc(Br)cc2c1OCCC(C)C2c1ccccc1. The Hall–Kier alpha value is -2.59. The number of halogens is 1. The first-order valence-corrected chi connectivity index (χ1v) is 11.1. The average molecular weight is 464 g/mol. The van der Waals surface area contributed by atoms with Crippen molar-refractivity contribution >= 4 is 27.5 Å². The number of fused-ring (bicyclic) bond motifs is 1. The lowest BCUT2D eigenvalue weighted by molar-refractivity contribution is -0.114. The van der Waals surface area contributed by atoms with Gasteiger partial charge < -0.3 is 10.1 Å². The number of amides is 1. The van der Waals surface area contributed by atoms with E-state index in [4.69, 9.17) is 4.74 Å². The van der Waals surface area contributed by atoms with Crippen molar-refractivity contribution in [1.82, 2.24) is 0 Å². The number of nitrogens with one attached hydrogen (secondary N) is 1. The minimum absolute atomic E-state index is 0.0853. The van der Waals surface area contributed by atoms with Crippen LogP contribution >= 0.6 is 15.9 Å². The van der Waals surface area contributed by atoms with E-state index in [1.807, 2.05) is 12.1 Å². The minimum atomic E-state index is -0.0853. The molecule has 2 unspecified atom stereocenters. The minimum Gasteiger partial charge on any atom is -0.493 e. The molecule has 3 aromatic carbocycles. The fourth-order valence-corrected chi connectivity index (χ4v) is 4.85. The van der Waals surface area contributed by atoms with Crippen LogP contribution in [0.1, 0.15) is 42.9 Å². The quantitative estimate of drug-likeness (QED) is 0.456. The van der Waals surface area contributed by atoms with Gasteiger partial charge in [-0.1, -0.05) is 64.8 Å². The van der Waals surface area contributed by atoms with E-state index < -0.39 is 0 Å². The fourth-order valence-electron chi connectivity index (χ4n) is 4.37. The molecular weight excluding hydrogens is 438 g/mol. The Bertz CT molecular complexity index is 1080. The molecule has 0 fully saturated rings. The number of rotatable bonds is 3. The summed E-state index contributed by atoms with van der Waals surface area (Å²) >= 11 is 3.74. The molecule has 1 heterocycles. The molecule has 0 aromatic heterocycles. The molecule has 3 aromatic rings. The lowest BCUT2D eigenvalue weighted by Gasteiger charge is -2.25. The molecule has 4 heteroatoms. The summed E-state index contributed by atoms with van der Waals surface area (Å²) in [4.78, 5) is 11.8. The van der Waals surface area contributed by atoms with Crippen LogP contribution in [0.4, 0.5) is 5.69 Å². The summed E-state index contributed by atoms with van der Waals surface area (Å²) in [5, 5.41) is 2.98. The zero-order valence-electron chi connectivity index (χ0n) is 17.5. The first kappa shape index (κ1) is 20.7. The van der Waals surface area contributed by atoms with Crippen LogP contribution in [0, 0.1) is 12.8 Å². The normalized spacial score (nSPS) is 18.1. The highest BCUT2D eigenvalue weighted by molar-refractivity contribution is 9.10. The van der Waals surface area contributed by atoms with Gasteiger partial charge in [0.1, 0.15) is 5.75 Å². The first-order valence-electron chi connectivity index (χ1n) is 10.3. The number of hydrogen-bond acceptors (Lipinski definition) is 2. The maximum absolute atomic E-state index is 11.8. The molecule has 1 amide bonds. The molecule has 30 heavy (non-hydrogen) atoms.